The van der Waals surface area contributed by atoms with Gasteiger partial charge in [0.15, 0.2) is 0 Å². The van der Waals surface area contributed by atoms with Gasteiger partial charge in [-0.3, -0.25) is 0 Å². The number of rotatable bonds is 5. The van der Waals surface area contributed by atoms with Crippen LogP contribution in [0.1, 0.15) is 46.0 Å². The van der Waals surface area contributed by atoms with Gasteiger partial charge in [0.1, 0.15) is 0 Å². The third kappa shape index (κ3) is 3.59. The molecule has 1 aliphatic carbocycles. The second kappa shape index (κ2) is 6.02. The summed E-state index contributed by atoms with van der Waals surface area (Å²) in [4.78, 5) is 0.613. The van der Waals surface area contributed by atoms with Gasteiger partial charge in [-0.2, -0.15) is 0 Å². The van der Waals surface area contributed by atoms with Crippen LogP contribution in [0.25, 0.3) is 0 Å². The largest absolute Gasteiger partial charge is 0.377 e. The molecule has 0 radical (unpaired) electrons. The lowest BCUT2D eigenvalue weighted by atomic mass is 10.1. The fraction of sp³-hybridized carbons (Fsp3) is 1.00. The van der Waals surface area contributed by atoms with Crippen LogP contribution < -0.4 is 0 Å². The summed E-state index contributed by atoms with van der Waals surface area (Å²) in [5.41, 5.74) is 0. The second-order valence-electron chi connectivity index (χ2n) is 4.00. The Morgan fingerprint density at radius 2 is 2.00 bits per heavy atom. The van der Waals surface area contributed by atoms with Gasteiger partial charge in [0.05, 0.1) is 6.10 Å². The first-order valence-electron chi connectivity index (χ1n) is 5.53. The number of hydrogen-bond donors (Lipinski definition) is 0. The van der Waals surface area contributed by atoms with Crippen molar-refractivity contribution in [3.8, 4) is 0 Å². The maximum absolute atomic E-state index is 5.91. The van der Waals surface area contributed by atoms with Gasteiger partial charge >= 0.3 is 0 Å². The van der Waals surface area contributed by atoms with E-state index in [0.717, 1.165) is 12.5 Å². The highest BCUT2D eigenvalue weighted by atomic mass is 79.9. The van der Waals surface area contributed by atoms with Crippen LogP contribution in [0.2, 0.25) is 0 Å². The third-order valence-corrected chi connectivity index (χ3v) is 4.12. The van der Waals surface area contributed by atoms with Crippen LogP contribution in [-0.2, 0) is 4.74 Å². The maximum Gasteiger partial charge on any atom is 0.0700 e. The van der Waals surface area contributed by atoms with E-state index in [2.05, 4.69) is 29.8 Å². The lowest BCUT2D eigenvalue weighted by Crippen LogP contribution is -2.21. The minimum atomic E-state index is 0.487. The fourth-order valence-electron chi connectivity index (χ4n) is 1.85. The fourth-order valence-corrected chi connectivity index (χ4v) is 2.59. The first-order valence-corrected chi connectivity index (χ1v) is 6.45. The molecule has 0 aliphatic heterocycles. The van der Waals surface area contributed by atoms with Gasteiger partial charge in [0, 0.05) is 11.4 Å². The van der Waals surface area contributed by atoms with Crippen LogP contribution in [0, 0.1) is 5.92 Å². The standard InChI is InChI=1S/C11H21BrO/c1-3-9(4-2)8-13-11-7-5-6-10(11)12/h9-11H,3-8H2,1-2H3. The predicted molar refractivity (Wildman–Crippen MR) is 60.4 cm³/mol. The molecule has 1 fully saturated rings. The van der Waals surface area contributed by atoms with Crippen molar-refractivity contribution in [3.05, 3.63) is 0 Å². The lowest BCUT2D eigenvalue weighted by Gasteiger charge is -2.19. The van der Waals surface area contributed by atoms with E-state index in [1.54, 1.807) is 0 Å². The summed E-state index contributed by atoms with van der Waals surface area (Å²) in [6.07, 6.45) is 6.83. The molecule has 2 atom stereocenters. The van der Waals surface area contributed by atoms with Crippen molar-refractivity contribution in [2.75, 3.05) is 6.61 Å². The maximum atomic E-state index is 5.91. The molecule has 1 saturated carbocycles. The van der Waals surface area contributed by atoms with E-state index in [-0.39, 0.29) is 0 Å². The molecule has 1 aliphatic rings. The van der Waals surface area contributed by atoms with E-state index >= 15 is 0 Å². The number of alkyl halides is 1. The van der Waals surface area contributed by atoms with Crippen molar-refractivity contribution in [3.63, 3.8) is 0 Å². The smallest absolute Gasteiger partial charge is 0.0700 e. The summed E-state index contributed by atoms with van der Waals surface area (Å²) in [5.74, 6) is 0.764. The summed E-state index contributed by atoms with van der Waals surface area (Å²) >= 11 is 3.67. The van der Waals surface area contributed by atoms with E-state index in [1.165, 1.54) is 32.1 Å². The Morgan fingerprint density at radius 1 is 1.31 bits per heavy atom. The molecule has 0 aromatic rings. The van der Waals surface area contributed by atoms with E-state index in [9.17, 15) is 0 Å². The number of hydrogen-bond acceptors (Lipinski definition) is 1. The summed E-state index contributed by atoms with van der Waals surface area (Å²) < 4.78 is 5.91. The third-order valence-electron chi connectivity index (χ3n) is 3.07. The monoisotopic (exact) mass is 248 g/mol. The van der Waals surface area contributed by atoms with E-state index < -0.39 is 0 Å². The summed E-state index contributed by atoms with van der Waals surface area (Å²) in [6.45, 7) is 5.45. The van der Waals surface area contributed by atoms with Crippen LogP contribution in [-0.4, -0.2) is 17.5 Å². The molecule has 2 unspecified atom stereocenters. The van der Waals surface area contributed by atoms with Crippen molar-refractivity contribution >= 4 is 15.9 Å². The molecule has 13 heavy (non-hydrogen) atoms. The molecule has 0 bridgehead atoms. The van der Waals surface area contributed by atoms with Crippen LogP contribution >= 0.6 is 15.9 Å². The van der Waals surface area contributed by atoms with Gasteiger partial charge in [-0.1, -0.05) is 42.6 Å². The van der Waals surface area contributed by atoms with Crippen molar-refractivity contribution in [1.29, 1.82) is 0 Å². The molecule has 0 aromatic carbocycles. The average molecular weight is 249 g/mol. The zero-order valence-electron chi connectivity index (χ0n) is 8.76. The van der Waals surface area contributed by atoms with Gasteiger partial charge in [-0.15, -0.1) is 0 Å². The molecule has 0 aromatic heterocycles. The Hall–Kier alpha value is 0.440. The molecule has 0 heterocycles. The Labute approximate surface area is 90.4 Å². The Morgan fingerprint density at radius 3 is 2.46 bits per heavy atom. The topological polar surface area (TPSA) is 9.23 Å². The summed E-state index contributed by atoms with van der Waals surface area (Å²) in [5, 5.41) is 0. The van der Waals surface area contributed by atoms with Gasteiger partial charge in [-0.05, 0) is 25.2 Å². The minimum absolute atomic E-state index is 0.487. The molecule has 78 valence electrons. The van der Waals surface area contributed by atoms with Gasteiger partial charge < -0.3 is 4.74 Å². The first-order chi connectivity index (χ1) is 6.27. The van der Waals surface area contributed by atoms with Crippen molar-refractivity contribution < 1.29 is 4.74 Å². The van der Waals surface area contributed by atoms with Crippen LogP contribution in [0.15, 0.2) is 0 Å². The van der Waals surface area contributed by atoms with Crippen LogP contribution in [0.4, 0.5) is 0 Å². The molecular weight excluding hydrogens is 228 g/mol. The molecule has 1 nitrogen and oxygen atoms in total. The number of halogens is 1. The zero-order valence-corrected chi connectivity index (χ0v) is 10.3. The Balaban J connectivity index is 2.17. The van der Waals surface area contributed by atoms with E-state index in [0.29, 0.717) is 10.9 Å². The van der Waals surface area contributed by atoms with E-state index in [4.69, 9.17) is 4.74 Å². The average Bonchev–Trinajstić information content (AvgIpc) is 2.54. The highest BCUT2D eigenvalue weighted by Crippen LogP contribution is 2.28. The number of ether oxygens (including phenoxy) is 1. The Kier molecular flexibility index (Phi) is 5.34. The SMILES string of the molecule is CCC(CC)COC1CCCC1Br. The lowest BCUT2D eigenvalue weighted by molar-refractivity contribution is 0.0355. The highest BCUT2D eigenvalue weighted by Gasteiger charge is 2.25. The molecule has 0 saturated heterocycles. The minimum Gasteiger partial charge on any atom is -0.377 e. The highest BCUT2D eigenvalue weighted by molar-refractivity contribution is 9.09. The van der Waals surface area contributed by atoms with Gasteiger partial charge in [0.25, 0.3) is 0 Å². The van der Waals surface area contributed by atoms with Crippen LogP contribution in [0.3, 0.4) is 0 Å². The quantitative estimate of drug-likeness (QED) is 0.674. The zero-order chi connectivity index (χ0) is 9.68. The van der Waals surface area contributed by atoms with Gasteiger partial charge in [-0.25, -0.2) is 0 Å². The van der Waals surface area contributed by atoms with Crippen molar-refractivity contribution in [1.82, 2.24) is 0 Å². The Bertz CT molecular complexity index is 134. The predicted octanol–water partition coefficient (Wildman–Crippen LogP) is 3.76. The van der Waals surface area contributed by atoms with Crippen molar-refractivity contribution in [2.45, 2.75) is 56.9 Å². The molecule has 0 amide bonds. The molecule has 2 heteroatoms. The van der Waals surface area contributed by atoms with E-state index in [1.807, 2.05) is 0 Å². The molecule has 1 rings (SSSR count). The summed E-state index contributed by atoms with van der Waals surface area (Å²) in [6, 6.07) is 0. The van der Waals surface area contributed by atoms with Crippen LogP contribution in [0.5, 0.6) is 0 Å². The summed E-state index contributed by atoms with van der Waals surface area (Å²) in [7, 11) is 0. The molecule has 0 N–H and O–H groups in total. The van der Waals surface area contributed by atoms with Crippen molar-refractivity contribution in [2.24, 2.45) is 5.92 Å². The first kappa shape index (κ1) is 11.5. The van der Waals surface area contributed by atoms with Gasteiger partial charge in [0.2, 0.25) is 0 Å². The normalized spacial score (nSPS) is 28.6. The molecular formula is C11H21BrO. The molecule has 0 spiro atoms. The second-order valence-corrected chi connectivity index (χ2v) is 5.18.